The van der Waals surface area contributed by atoms with Crippen molar-refractivity contribution in [2.24, 2.45) is 0 Å². The Morgan fingerprint density at radius 2 is 2.17 bits per heavy atom. The van der Waals surface area contributed by atoms with E-state index < -0.39 is 5.97 Å². The van der Waals surface area contributed by atoms with E-state index >= 15 is 0 Å². The Morgan fingerprint density at radius 1 is 1.39 bits per heavy atom. The third-order valence-electron chi connectivity index (χ3n) is 2.80. The molecule has 0 aliphatic rings. The number of benzene rings is 1. The Kier molecular flexibility index (Phi) is 3.32. The largest absolute Gasteiger partial charge is 0.478 e. The average Bonchev–Trinajstić information content (AvgIpc) is 2.72. The first-order valence-corrected chi connectivity index (χ1v) is 5.66. The van der Waals surface area contributed by atoms with Crippen molar-refractivity contribution in [3.05, 3.63) is 35.5 Å². The van der Waals surface area contributed by atoms with Crippen molar-refractivity contribution in [1.29, 1.82) is 0 Å². The number of para-hydroxylation sites is 1. The van der Waals surface area contributed by atoms with Crippen molar-refractivity contribution in [3.63, 3.8) is 0 Å². The number of carboxylic acids is 1. The summed E-state index contributed by atoms with van der Waals surface area (Å²) in [7, 11) is 0. The Balaban J connectivity index is 2.28. The van der Waals surface area contributed by atoms with Crippen LogP contribution in [0.1, 0.15) is 22.8 Å². The summed E-state index contributed by atoms with van der Waals surface area (Å²) in [4.78, 5) is 24.8. The van der Waals surface area contributed by atoms with Gasteiger partial charge in [0, 0.05) is 25.1 Å². The van der Waals surface area contributed by atoms with Crippen molar-refractivity contribution < 1.29 is 14.7 Å². The summed E-state index contributed by atoms with van der Waals surface area (Å²) in [6.45, 7) is 2.01. The smallest absolute Gasteiger partial charge is 0.337 e. The molecule has 0 spiro atoms. The maximum absolute atomic E-state index is 11.1. The van der Waals surface area contributed by atoms with Crippen LogP contribution in [0.5, 0.6) is 0 Å². The lowest BCUT2D eigenvalue weighted by molar-refractivity contribution is -0.118. The maximum Gasteiger partial charge on any atom is 0.337 e. The number of H-pyrrole nitrogens is 1. The number of aromatic amines is 1. The number of nitrogens with one attached hydrogen (secondary N) is 2. The van der Waals surface area contributed by atoms with Gasteiger partial charge in [0.05, 0.1) is 11.1 Å². The summed E-state index contributed by atoms with van der Waals surface area (Å²) in [6, 6.07) is 5.17. The minimum atomic E-state index is -0.948. The summed E-state index contributed by atoms with van der Waals surface area (Å²) in [5.74, 6) is -1.02. The fourth-order valence-corrected chi connectivity index (χ4v) is 1.97. The SMILES string of the molecule is CC(=O)NCCc1c[nH]c2c(C(=O)O)cccc12. The lowest BCUT2D eigenvalue weighted by Gasteiger charge is -2.01. The van der Waals surface area contributed by atoms with Gasteiger partial charge in [0.2, 0.25) is 5.91 Å². The van der Waals surface area contributed by atoms with Crippen LogP contribution in [-0.4, -0.2) is 28.5 Å². The summed E-state index contributed by atoms with van der Waals surface area (Å²) >= 11 is 0. The molecule has 1 amide bonds. The van der Waals surface area contributed by atoms with Crippen LogP contribution in [-0.2, 0) is 11.2 Å². The van der Waals surface area contributed by atoms with Crippen molar-refractivity contribution in [3.8, 4) is 0 Å². The number of carbonyl (C=O) groups excluding carboxylic acids is 1. The van der Waals surface area contributed by atoms with E-state index in [4.69, 9.17) is 5.11 Å². The Hall–Kier alpha value is -2.30. The van der Waals surface area contributed by atoms with Gasteiger partial charge in [-0.05, 0) is 18.1 Å². The molecule has 5 heteroatoms. The second-order valence-corrected chi connectivity index (χ2v) is 4.08. The predicted molar refractivity (Wildman–Crippen MR) is 67.6 cm³/mol. The number of rotatable bonds is 4. The van der Waals surface area contributed by atoms with E-state index in [1.165, 1.54) is 6.92 Å². The van der Waals surface area contributed by atoms with E-state index in [1.54, 1.807) is 18.3 Å². The second kappa shape index (κ2) is 4.91. The molecule has 5 nitrogen and oxygen atoms in total. The molecule has 94 valence electrons. The van der Waals surface area contributed by atoms with Gasteiger partial charge in [-0.1, -0.05) is 12.1 Å². The molecular formula is C13H14N2O3. The third kappa shape index (κ3) is 2.34. The van der Waals surface area contributed by atoms with Gasteiger partial charge in [0.25, 0.3) is 0 Å². The fourth-order valence-electron chi connectivity index (χ4n) is 1.97. The van der Waals surface area contributed by atoms with Crippen LogP contribution in [0.25, 0.3) is 10.9 Å². The van der Waals surface area contributed by atoms with Crippen molar-refractivity contribution in [2.75, 3.05) is 6.54 Å². The maximum atomic E-state index is 11.1. The molecule has 0 atom stereocenters. The van der Waals surface area contributed by atoms with Crippen LogP contribution in [0.2, 0.25) is 0 Å². The zero-order valence-electron chi connectivity index (χ0n) is 9.99. The van der Waals surface area contributed by atoms with Crippen LogP contribution in [0.3, 0.4) is 0 Å². The van der Waals surface area contributed by atoms with E-state index in [9.17, 15) is 9.59 Å². The topological polar surface area (TPSA) is 82.2 Å². The van der Waals surface area contributed by atoms with E-state index in [0.717, 1.165) is 10.9 Å². The number of fused-ring (bicyclic) bond motifs is 1. The zero-order valence-corrected chi connectivity index (χ0v) is 9.99. The molecule has 18 heavy (non-hydrogen) atoms. The highest BCUT2D eigenvalue weighted by Gasteiger charge is 2.11. The second-order valence-electron chi connectivity index (χ2n) is 4.08. The van der Waals surface area contributed by atoms with Gasteiger partial charge >= 0.3 is 5.97 Å². The van der Waals surface area contributed by atoms with Crippen LogP contribution in [0, 0.1) is 0 Å². The molecule has 1 heterocycles. The molecular weight excluding hydrogens is 232 g/mol. The molecule has 2 aromatic rings. The van der Waals surface area contributed by atoms with Gasteiger partial charge in [-0.2, -0.15) is 0 Å². The minimum Gasteiger partial charge on any atom is -0.478 e. The molecule has 0 bridgehead atoms. The molecule has 2 rings (SSSR count). The van der Waals surface area contributed by atoms with Crippen LogP contribution in [0.4, 0.5) is 0 Å². The number of aromatic nitrogens is 1. The van der Waals surface area contributed by atoms with Gasteiger partial charge in [-0.15, -0.1) is 0 Å². The molecule has 0 aliphatic carbocycles. The molecule has 1 aromatic carbocycles. The molecule has 0 aliphatic heterocycles. The normalized spacial score (nSPS) is 10.5. The van der Waals surface area contributed by atoms with E-state index in [0.29, 0.717) is 18.5 Å². The highest BCUT2D eigenvalue weighted by atomic mass is 16.4. The first-order chi connectivity index (χ1) is 8.59. The van der Waals surface area contributed by atoms with Crippen molar-refractivity contribution in [1.82, 2.24) is 10.3 Å². The molecule has 3 N–H and O–H groups in total. The van der Waals surface area contributed by atoms with E-state index in [-0.39, 0.29) is 11.5 Å². The first-order valence-electron chi connectivity index (χ1n) is 5.66. The average molecular weight is 246 g/mol. The number of hydrogen-bond acceptors (Lipinski definition) is 2. The highest BCUT2D eigenvalue weighted by molar-refractivity contribution is 6.02. The summed E-state index contributed by atoms with van der Waals surface area (Å²) in [6.07, 6.45) is 2.46. The van der Waals surface area contributed by atoms with E-state index in [1.807, 2.05) is 6.07 Å². The third-order valence-corrected chi connectivity index (χ3v) is 2.80. The lowest BCUT2D eigenvalue weighted by atomic mass is 10.1. The van der Waals surface area contributed by atoms with Crippen LogP contribution in [0.15, 0.2) is 24.4 Å². The summed E-state index contributed by atoms with van der Waals surface area (Å²) in [5.41, 5.74) is 1.89. The van der Waals surface area contributed by atoms with Crippen molar-refractivity contribution >= 4 is 22.8 Å². The Bertz CT molecular complexity index is 601. The van der Waals surface area contributed by atoms with Gasteiger partial charge < -0.3 is 15.4 Å². The number of hydrogen-bond donors (Lipinski definition) is 3. The standard InChI is InChI=1S/C13H14N2O3/c1-8(16)14-6-5-9-7-15-12-10(9)3-2-4-11(12)13(17)18/h2-4,7,15H,5-6H2,1H3,(H,14,16)(H,17,18). The number of carbonyl (C=O) groups is 2. The van der Waals surface area contributed by atoms with Gasteiger partial charge in [0.1, 0.15) is 0 Å². The molecule has 0 saturated carbocycles. The Labute approximate surface area is 104 Å². The summed E-state index contributed by atoms with van der Waals surface area (Å²) < 4.78 is 0. The molecule has 0 unspecified atom stereocenters. The number of carboxylic acid groups (broad SMARTS) is 1. The zero-order chi connectivity index (χ0) is 13.1. The lowest BCUT2D eigenvalue weighted by Crippen LogP contribution is -2.22. The van der Waals surface area contributed by atoms with Gasteiger partial charge in [-0.3, -0.25) is 4.79 Å². The minimum absolute atomic E-state index is 0.0685. The molecule has 1 aromatic heterocycles. The fraction of sp³-hybridized carbons (Fsp3) is 0.231. The predicted octanol–water partition coefficient (Wildman–Crippen LogP) is 1.54. The van der Waals surface area contributed by atoms with E-state index in [2.05, 4.69) is 10.3 Å². The van der Waals surface area contributed by atoms with Gasteiger partial charge in [-0.25, -0.2) is 4.79 Å². The van der Waals surface area contributed by atoms with Crippen LogP contribution >= 0.6 is 0 Å². The number of aromatic carboxylic acids is 1. The number of amides is 1. The molecule has 0 fully saturated rings. The first kappa shape index (κ1) is 12.2. The monoisotopic (exact) mass is 246 g/mol. The highest BCUT2D eigenvalue weighted by Crippen LogP contribution is 2.22. The van der Waals surface area contributed by atoms with Crippen molar-refractivity contribution in [2.45, 2.75) is 13.3 Å². The quantitative estimate of drug-likeness (QED) is 0.765. The summed E-state index contributed by atoms with van der Waals surface area (Å²) in [5, 5.41) is 12.7. The Morgan fingerprint density at radius 3 is 2.83 bits per heavy atom. The molecule has 0 saturated heterocycles. The van der Waals surface area contributed by atoms with Crippen LogP contribution < -0.4 is 5.32 Å². The molecule has 0 radical (unpaired) electrons. The van der Waals surface area contributed by atoms with Gasteiger partial charge in [0.15, 0.2) is 0 Å².